The number of carboxylic acid groups (broad SMARTS) is 1. The number of nitrogens with zero attached hydrogens (tertiary/aromatic N) is 9. The maximum Gasteiger partial charge on any atom is 0.334 e. The van der Waals surface area contributed by atoms with Crippen molar-refractivity contribution in [1.29, 1.82) is 0 Å². The second-order valence-electron chi connectivity index (χ2n) is 30.3. The monoisotopic (exact) mass is 1790 g/mol. The minimum atomic E-state index is -1.18. The molecule has 0 spiro atoms. The number of aromatic nitrogens is 6. The predicted molar refractivity (Wildman–Crippen MR) is 444 cm³/mol. The van der Waals surface area contributed by atoms with Gasteiger partial charge in [-0.3, -0.25) is 0 Å². The number of aliphatic carboxylic acids is 1. The number of terminal acetylenes is 1. The molecule has 8 fully saturated rings. The van der Waals surface area contributed by atoms with E-state index in [1.165, 1.54) is 77.5 Å². The van der Waals surface area contributed by atoms with Crippen LogP contribution >= 0.6 is 105 Å². The number of esters is 2. The molecule has 36 heteroatoms. The largest absolute Gasteiger partial charge is 0.494 e. The number of ether oxygens (including phenoxy) is 12. The van der Waals surface area contributed by atoms with Gasteiger partial charge in [-0.2, -0.15) is 0 Å². The van der Waals surface area contributed by atoms with Crippen LogP contribution in [-0.4, -0.2) is 172 Å². The number of carboxylic acids is 1. The molecule has 5 aliphatic heterocycles. The molecule has 7 aromatic rings. The van der Waals surface area contributed by atoms with E-state index < -0.39 is 138 Å². The van der Waals surface area contributed by atoms with Crippen molar-refractivity contribution in [3.8, 4) is 12.3 Å². The number of fused-ring (bicyclic) bond motifs is 2. The van der Waals surface area contributed by atoms with Crippen LogP contribution in [0.2, 0.25) is 30.1 Å². The summed E-state index contributed by atoms with van der Waals surface area (Å²) >= 11 is 40.9. The van der Waals surface area contributed by atoms with Crippen molar-refractivity contribution < 1.29 is 86.5 Å². The number of thioether (sulfide) groups is 3. The lowest BCUT2D eigenvalue weighted by molar-refractivity contribution is -0.307. The van der Waals surface area contributed by atoms with Crippen molar-refractivity contribution in [2.75, 3.05) is 19.8 Å². The molecular weight excluding hydrogens is 1710 g/mol. The first kappa shape index (κ1) is 90.0. The van der Waals surface area contributed by atoms with E-state index in [9.17, 15) is 30.1 Å². The zero-order valence-corrected chi connectivity index (χ0v) is 71.5. The third kappa shape index (κ3) is 25.2. The van der Waals surface area contributed by atoms with E-state index in [4.69, 9.17) is 138 Å². The Balaban J connectivity index is 0.000000159. The highest BCUT2D eigenvalue weighted by Crippen LogP contribution is 2.49. The van der Waals surface area contributed by atoms with Gasteiger partial charge in [0, 0.05) is 60.9 Å². The summed E-state index contributed by atoms with van der Waals surface area (Å²) in [4.78, 5) is 41.0. The molecule has 0 bridgehead atoms. The molecule has 7 heterocycles. The fourth-order valence-corrected chi connectivity index (χ4v) is 17.4. The Morgan fingerprint density at radius 2 is 0.992 bits per heavy atom. The molecule has 3 saturated carbocycles. The Morgan fingerprint density at radius 1 is 0.576 bits per heavy atom. The number of carbonyl (C=O) groups is 3. The number of benzene rings is 5. The Bertz CT molecular complexity index is 4760. The van der Waals surface area contributed by atoms with Crippen molar-refractivity contribution >= 4 is 123 Å². The quantitative estimate of drug-likeness (QED) is 0.0102. The molecule has 8 aliphatic rings. The van der Waals surface area contributed by atoms with E-state index in [1.807, 2.05) is 98.4 Å². The molecule has 3 N–H and O–H groups in total. The molecule has 0 amide bonds. The Labute approximate surface area is 724 Å². The van der Waals surface area contributed by atoms with E-state index in [0.29, 0.717) is 59.4 Å². The normalized spacial score (nSPS) is 27.4. The molecule has 17 atom stereocenters. The minimum Gasteiger partial charge on any atom is -0.494 e. The van der Waals surface area contributed by atoms with Gasteiger partial charge < -0.3 is 72.2 Å². The number of rotatable bonds is 23. The number of halogens is 6. The molecule has 118 heavy (non-hydrogen) atoms. The number of hydrogen-bond acceptors (Lipinski definition) is 25. The molecular formula is C82H87Cl6N9O18S3. The summed E-state index contributed by atoms with van der Waals surface area (Å²) < 4.78 is 76.0. The summed E-state index contributed by atoms with van der Waals surface area (Å²) in [5.41, 5.74) is 9.62. The van der Waals surface area contributed by atoms with E-state index in [1.54, 1.807) is 75.5 Å². The lowest BCUT2D eigenvalue weighted by Crippen LogP contribution is -2.60. The topological polar surface area (TPSA) is 333 Å². The van der Waals surface area contributed by atoms with Crippen LogP contribution in [0.4, 0.5) is 0 Å². The Kier molecular flexibility index (Phi) is 31.7. The van der Waals surface area contributed by atoms with Gasteiger partial charge in [0.05, 0.1) is 98.4 Å². The molecule has 15 rings (SSSR count). The number of azide groups is 1. The number of aliphatic hydroxyl groups excluding tert-OH is 2. The van der Waals surface area contributed by atoms with Gasteiger partial charge in [-0.15, -0.1) is 22.5 Å². The average Bonchev–Trinajstić information content (AvgIpc) is 1.41. The molecule has 0 radical (unpaired) electrons. The van der Waals surface area contributed by atoms with Crippen molar-refractivity contribution in [2.24, 2.45) is 11.0 Å². The first-order valence-corrected chi connectivity index (χ1v) is 42.7. The highest BCUT2D eigenvalue weighted by atomic mass is 35.5. The fourth-order valence-electron chi connectivity index (χ4n) is 12.8. The fraction of sp³-hybridized carbons (Fsp3) is 0.451. The summed E-state index contributed by atoms with van der Waals surface area (Å²) in [6.07, 6.45) is 14.5. The standard InChI is InChI=1S/C31H33Cl2N3O6S.C26H27Cl2N3O6S.C20H21Cl2N3O6S.C5H6/c1-31(2,3)42-25(37)13-14-38-28-26(36-16-23(34-35-36)18-9-10-18)27-24(17-39-29(41-27)19-7-5-4-6-8-19)40-30(28)43-20-11-12-21(32)22(33)15-20;1-26(2,3)37-20(32)11-12-33-23-21(30-31-29)22-19(14-34-24(36-22)15-7-5-4-6-8-15)35-25(23)38-16-9-10-17(27)18(28)13-16;21-12-4-3-11(7-13(12)22)32-20-19(30-6-5-16(27)28)17(18(29)15(9-26)31-20)25-8-14(23-24-25)10-1-2-10;1-2-5-3-4-5/h4-8,11-16,18,24,26-30H,9-10,17H2,1-3H3;4-13,19,21-25H,14H2,1-3H3;3-8,10,15,17-20,26,29H,1-2,9H2,(H,27,28);1,5H,3-4H2/b14-13+;12-11+;6-5+;/t24-,26+,27+,28-,29?,30-;19-,21+,22+,23-,24?,25-;15-,17+,18+,19-,20-;/m111./s1. The average molecular weight is 1800 g/mol. The summed E-state index contributed by atoms with van der Waals surface area (Å²) in [5, 5.41) is 53.6. The number of carbonyl (C=O) groups excluding carboxylic acids is 2. The summed E-state index contributed by atoms with van der Waals surface area (Å²) in [6, 6.07) is 32.8. The molecule has 5 saturated heterocycles. The van der Waals surface area contributed by atoms with Crippen molar-refractivity contribution in [3.05, 3.63) is 228 Å². The Morgan fingerprint density at radius 3 is 1.40 bits per heavy atom. The first-order valence-electron chi connectivity index (χ1n) is 37.8. The summed E-state index contributed by atoms with van der Waals surface area (Å²) in [5.74, 6) is 1.78. The van der Waals surface area contributed by atoms with Crippen molar-refractivity contribution in [2.45, 2.75) is 220 Å². The van der Waals surface area contributed by atoms with Crippen LogP contribution in [0.25, 0.3) is 10.4 Å². The zero-order chi connectivity index (χ0) is 84.0. The van der Waals surface area contributed by atoms with Gasteiger partial charge in [-0.05, 0) is 140 Å². The van der Waals surface area contributed by atoms with Crippen LogP contribution in [0.1, 0.15) is 139 Å². The highest BCUT2D eigenvalue weighted by Gasteiger charge is 2.55. The SMILES string of the molecule is C#CC1CC1.CC(C)(C)OC(=O)/C=C/O[C@@H]1[C@@H](N=[N+]=[N-])[C@H]2OC(c3ccccc3)OC[C@H]2O[C@@H]1Sc1ccc(Cl)c(Cl)c1.CC(C)(C)OC(=O)/C=C/O[C@@H]1[C@@H](n2cc(C3CC3)nn2)[C@H]2OC(c3ccccc3)OC[C@H]2O[C@@H]1Sc1ccc(Cl)c(Cl)c1.O=C(O)/C=C/O[C@@H]1[C@@H](n2cc(C3CC3)nn2)[C@@H](O)[C@@H](CO)O[C@@H]1Sc1ccc(Cl)c(Cl)c1. The third-order valence-electron chi connectivity index (χ3n) is 18.8. The second kappa shape index (κ2) is 41.5. The molecule has 628 valence electrons. The van der Waals surface area contributed by atoms with Gasteiger partial charge in [0.1, 0.15) is 88.4 Å². The lowest BCUT2D eigenvalue weighted by atomic mass is 9.95. The molecule has 2 unspecified atom stereocenters. The maximum atomic E-state index is 12.5. The molecule has 5 aromatic carbocycles. The van der Waals surface area contributed by atoms with Crippen LogP contribution < -0.4 is 0 Å². The smallest absolute Gasteiger partial charge is 0.334 e. The molecule has 3 aliphatic carbocycles. The number of hydrogen-bond donors (Lipinski definition) is 3. The van der Waals surface area contributed by atoms with Gasteiger partial charge in [0.2, 0.25) is 0 Å². The lowest BCUT2D eigenvalue weighted by Gasteiger charge is -2.48. The number of aliphatic hydroxyl groups is 2. The zero-order valence-electron chi connectivity index (χ0n) is 64.6. The Hall–Kier alpha value is -7.29. The van der Waals surface area contributed by atoms with E-state index in [2.05, 4.69) is 36.6 Å². The van der Waals surface area contributed by atoms with E-state index in [0.717, 1.165) is 70.3 Å². The van der Waals surface area contributed by atoms with Gasteiger partial charge in [0.15, 0.2) is 24.8 Å². The van der Waals surface area contributed by atoms with Gasteiger partial charge in [0.25, 0.3) is 0 Å². The minimum absolute atomic E-state index is 0.209. The van der Waals surface area contributed by atoms with Gasteiger partial charge in [-0.1, -0.05) is 181 Å². The van der Waals surface area contributed by atoms with Crippen molar-refractivity contribution in [3.63, 3.8) is 0 Å². The molecule has 27 nitrogen and oxygen atoms in total. The van der Waals surface area contributed by atoms with Gasteiger partial charge >= 0.3 is 17.9 Å². The van der Waals surface area contributed by atoms with E-state index >= 15 is 0 Å². The predicted octanol–water partition coefficient (Wildman–Crippen LogP) is 17.6. The summed E-state index contributed by atoms with van der Waals surface area (Å²) in [6.45, 7) is 10.8. The summed E-state index contributed by atoms with van der Waals surface area (Å²) in [7, 11) is 0. The van der Waals surface area contributed by atoms with Crippen LogP contribution in [0.3, 0.4) is 0 Å². The van der Waals surface area contributed by atoms with Crippen LogP contribution in [0.5, 0.6) is 0 Å². The van der Waals surface area contributed by atoms with Gasteiger partial charge in [-0.25, -0.2) is 23.7 Å². The second-order valence-corrected chi connectivity index (χ2v) is 36.2. The van der Waals surface area contributed by atoms with Crippen LogP contribution in [-0.2, 0) is 71.2 Å². The van der Waals surface area contributed by atoms with Crippen LogP contribution in [0, 0.1) is 18.3 Å². The maximum absolute atomic E-state index is 12.5. The first-order chi connectivity index (χ1) is 56.6. The third-order valence-corrected chi connectivity index (χ3v) is 24.4. The van der Waals surface area contributed by atoms with Crippen molar-refractivity contribution in [1.82, 2.24) is 30.0 Å². The molecule has 2 aromatic heterocycles. The van der Waals surface area contributed by atoms with Crippen LogP contribution in [0.15, 0.2) is 184 Å². The highest BCUT2D eigenvalue weighted by molar-refractivity contribution is 8.00. The van der Waals surface area contributed by atoms with E-state index in [-0.39, 0.29) is 6.61 Å².